The maximum Gasteiger partial charge on any atom is 0.223 e. The van der Waals surface area contributed by atoms with Gasteiger partial charge in [0.2, 0.25) is 5.89 Å². The second kappa shape index (κ2) is 5.50. The summed E-state index contributed by atoms with van der Waals surface area (Å²) in [7, 11) is 0. The molecule has 0 unspecified atom stereocenters. The minimum absolute atomic E-state index is 0.0315. The second-order valence-electron chi connectivity index (χ2n) is 3.78. The molecule has 0 amide bonds. The number of halogens is 2. The first-order valence-electron chi connectivity index (χ1n) is 5.33. The van der Waals surface area contributed by atoms with Crippen LogP contribution in [0.25, 0.3) is 0 Å². The Kier molecular flexibility index (Phi) is 3.99. The molecule has 94 valence electrons. The highest BCUT2D eigenvalue weighted by Crippen LogP contribution is 2.23. The standard InChI is InChI=1S/C12H10Cl2N2O2/c1-7-15-12(16-18-7)5-4-11(17)8-2-3-9(13)10(14)6-8/h2-3,6H,4-5H2,1H3. The van der Waals surface area contributed by atoms with Gasteiger partial charge in [-0.15, -0.1) is 0 Å². The normalized spacial score (nSPS) is 10.6. The predicted molar refractivity (Wildman–Crippen MR) is 68.1 cm³/mol. The van der Waals surface area contributed by atoms with Crippen LogP contribution in [0.4, 0.5) is 0 Å². The molecule has 6 heteroatoms. The van der Waals surface area contributed by atoms with E-state index < -0.39 is 0 Å². The fourth-order valence-corrected chi connectivity index (χ4v) is 1.78. The van der Waals surface area contributed by atoms with Gasteiger partial charge >= 0.3 is 0 Å². The summed E-state index contributed by atoms with van der Waals surface area (Å²) in [6.07, 6.45) is 0.743. The number of benzene rings is 1. The fraction of sp³-hybridized carbons (Fsp3) is 0.250. The maximum atomic E-state index is 11.9. The minimum Gasteiger partial charge on any atom is -0.340 e. The summed E-state index contributed by atoms with van der Waals surface area (Å²) < 4.78 is 4.83. The van der Waals surface area contributed by atoms with Gasteiger partial charge in [0.15, 0.2) is 11.6 Å². The number of ketones is 1. The second-order valence-corrected chi connectivity index (χ2v) is 4.60. The van der Waals surface area contributed by atoms with Gasteiger partial charge in [-0.1, -0.05) is 28.4 Å². The molecule has 0 saturated heterocycles. The van der Waals surface area contributed by atoms with E-state index in [0.29, 0.717) is 40.2 Å². The first kappa shape index (κ1) is 13.1. The lowest BCUT2D eigenvalue weighted by Gasteiger charge is -2.01. The van der Waals surface area contributed by atoms with E-state index in [2.05, 4.69) is 10.1 Å². The molecule has 0 radical (unpaired) electrons. The fourth-order valence-electron chi connectivity index (χ4n) is 1.48. The monoisotopic (exact) mass is 284 g/mol. The Bertz CT molecular complexity index is 581. The van der Waals surface area contributed by atoms with Gasteiger partial charge in [0.1, 0.15) is 0 Å². The minimum atomic E-state index is -0.0315. The van der Waals surface area contributed by atoms with Crippen LogP contribution in [0.3, 0.4) is 0 Å². The zero-order chi connectivity index (χ0) is 13.1. The smallest absolute Gasteiger partial charge is 0.223 e. The Morgan fingerprint density at radius 3 is 2.72 bits per heavy atom. The van der Waals surface area contributed by atoms with Crippen LogP contribution in [0.1, 0.15) is 28.5 Å². The van der Waals surface area contributed by atoms with E-state index in [1.165, 1.54) is 0 Å². The van der Waals surface area contributed by atoms with Crippen molar-refractivity contribution in [3.63, 3.8) is 0 Å². The van der Waals surface area contributed by atoms with Gasteiger partial charge in [0.25, 0.3) is 0 Å². The van der Waals surface area contributed by atoms with Crippen LogP contribution in [0.2, 0.25) is 10.0 Å². The highest BCUT2D eigenvalue weighted by atomic mass is 35.5. The molecule has 2 aromatic rings. The number of carbonyl (C=O) groups is 1. The predicted octanol–water partition coefficient (Wildman–Crippen LogP) is 3.50. The van der Waals surface area contributed by atoms with Crippen LogP contribution in [0.15, 0.2) is 22.7 Å². The first-order chi connectivity index (χ1) is 8.56. The summed E-state index contributed by atoms with van der Waals surface area (Å²) in [5, 5.41) is 4.53. The van der Waals surface area contributed by atoms with Crippen molar-refractivity contribution in [1.82, 2.24) is 10.1 Å². The Hall–Kier alpha value is -1.39. The third-order valence-electron chi connectivity index (χ3n) is 2.39. The molecule has 0 N–H and O–H groups in total. The molecule has 0 saturated carbocycles. The zero-order valence-electron chi connectivity index (χ0n) is 9.61. The number of Topliss-reactive ketones (excluding diaryl/α,β-unsaturated/α-hetero) is 1. The van der Waals surface area contributed by atoms with Crippen molar-refractivity contribution >= 4 is 29.0 Å². The molecule has 0 atom stereocenters. The van der Waals surface area contributed by atoms with Crippen LogP contribution >= 0.6 is 23.2 Å². The summed E-state index contributed by atoms with van der Waals surface area (Å²) in [5.74, 6) is 0.990. The summed E-state index contributed by atoms with van der Waals surface area (Å²) in [6.45, 7) is 1.71. The van der Waals surface area contributed by atoms with E-state index in [9.17, 15) is 4.79 Å². The SMILES string of the molecule is Cc1nc(CCC(=O)c2ccc(Cl)c(Cl)c2)no1. The zero-order valence-corrected chi connectivity index (χ0v) is 11.1. The largest absolute Gasteiger partial charge is 0.340 e. The van der Waals surface area contributed by atoms with Crippen molar-refractivity contribution in [3.8, 4) is 0 Å². The molecular formula is C12H10Cl2N2O2. The van der Waals surface area contributed by atoms with E-state index in [4.69, 9.17) is 27.7 Å². The van der Waals surface area contributed by atoms with Crippen molar-refractivity contribution in [3.05, 3.63) is 45.5 Å². The third-order valence-corrected chi connectivity index (χ3v) is 3.13. The number of carbonyl (C=O) groups excluding carboxylic acids is 1. The van der Waals surface area contributed by atoms with Crippen molar-refractivity contribution in [1.29, 1.82) is 0 Å². The Labute approximate surface area is 114 Å². The molecule has 1 aromatic carbocycles. The Morgan fingerprint density at radius 2 is 2.11 bits per heavy atom. The maximum absolute atomic E-state index is 11.9. The molecule has 0 bridgehead atoms. The summed E-state index contributed by atoms with van der Waals surface area (Å²) in [4.78, 5) is 15.9. The highest BCUT2D eigenvalue weighted by molar-refractivity contribution is 6.42. The number of aryl methyl sites for hydroxylation is 2. The lowest BCUT2D eigenvalue weighted by atomic mass is 10.1. The molecule has 4 nitrogen and oxygen atoms in total. The molecule has 0 aliphatic carbocycles. The quantitative estimate of drug-likeness (QED) is 0.807. The van der Waals surface area contributed by atoms with Gasteiger partial charge in [0, 0.05) is 25.3 Å². The third kappa shape index (κ3) is 3.09. The van der Waals surface area contributed by atoms with Gasteiger partial charge in [-0.05, 0) is 18.2 Å². The average Bonchev–Trinajstić information content (AvgIpc) is 2.75. The van der Waals surface area contributed by atoms with E-state index in [-0.39, 0.29) is 5.78 Å². The van der Waals surface area contributed by atoms with Crippen molar-refractivity contribution in [2.24, 2.45) is 0 Å². The van der Waals surface area contributed by atoms with Crippen molar-refractivity contribution < 1.29 is 9.32 Å². The van der Waals surface area contributed by atoms with Crippen LogP contribution in [-0.4, -0.2) is 15.9 Å². The van der Waals surface area contributed by atoms with Crippen LogP contribution < -0.4 is 0 Å². The molecule has 18 heavy (non-hydrogen) atoms. The molecule has 0 aliphatic rings. The van der Waals surface area contributed by atoms with Crippen molar-refractivity contribution in [2.75, 3.05) is 0 Å². The van der Waals surface area contributed by atoms with Gasteiger partial charge in [-0.2, -0.15) is 4.98 Å². The highest BCUT2D eigenvalue weighted by Gasteiger charge is 2.10. The van der Waals surface area contributed by atoms with Gasteiger partial charge in [0.05, 0.1) is 10.0 Å². The number of nitrogens with zero attached hydrogens (tertiary/aromatic N) is 2. The summed E-state index contributed by atoms with van der Waals surface area (Å²) in [6, 6.07) is 4.82. The van der Waals surface area contributed by atoms with Gasteiger partial charge in [-0.3, -0.25) is 4.79 Å². The number of aromatic nitrogens is 2. The molecule has 1 heterocycles. The lowest BCUT2D eigenvalue weighted by Crippen LogP contribution is -2.02. The van der Waals surface area contributed by atoms with Crippen molar-refractivity contribution in [2.45, 2.75) is 19.8 Å². The topological polar surface area (TPSA) is 56.0 Å². The number of hydrogen-bond donors (Lipinski definition) is 0. The molecule has 1 aromatic heterocycles. The molecule has 0 spiro atoms. The number of rotatable bonds is 4. The van der Waals surface area contributed by atoms with Gasteiger partial charge < -0.3 is 4.52 Å². The summed E-state index contributed by atoms with van der Waals surface area (Å²) in [5.41, 5.74) is 0.532. The van der Waals surface area contributed by atoms with E-state index >= 15 is 0 Å². The molecular weight excluding hydrogens is 275 g/mol. The lowest BCUT2D eigenvalue weighted by molar-refractivity contribution is 0.0982. The van der Waals surface area contributed by atoms with Crippen LogP contribution in [-0.2, 0) is 6.42 Å². The molecule has 0 fully saturated rings. The molecule has 2 rings (SSSR count). The average molecular weight is 285 g/mol. The number of hydrogen-bond acceptors (Lipinski definition) is 4. The van der Waals surface area contributed by atoms with E-state index in [1.807, 2.05) is 0 Å². The Balaban J connectivity index is 2.01. The van der Waals surface area contributed by atoms with E-state index in [1.54, 1.807) is 25.1 Å². The van der Waals surface area contributed by atoms with Crippen LogP contribution in [0, 0.1) is 6.92 Å². The first-order valence-corrected chi connectivity index (χ1v) is 6.09. The van der Waals surface area contributed by atoms with E-state index in [0.717, 1.165) is 0 Å². The molecule has 0 aliphatic heterocycles. The Morgan fingerprint density at radius 1 is 1.33 bits per heavy atom. The van der Waals surface area contributed by atoms with Gasteiger partial charge in [-0.25, -0.2) is 0 Å². The summed E-state index contributed by atoms with van der Waals surface area (Å²) >= 11 is 11.6. The van der Waals surface area contributed by atoms with Crippen LogP contribution in [0.5, 0.6) is 0 Å².